The van der Waals surface area contributed by atoms with Crippen molar-refractivity contribution in [2.45, 2.75) is 52.5 Å². The molecule has 108 valence electrons. The van der Waals surface area contributed by atoms with E-state index in [9.17, 15) is 0 Å². The summed E-state index contributed by atoms with van der Waals surface area (Å²) in [6.45, 7) is 7.12. The Kier molecular flexibility index (Phi) is 3.87. The van der Waals surface area contributed by atoms with Gasteiger partial charge < -0.3 is 0 Å². The Hall–Kier alpha value is -0.861. The van der Waals surface area contributed by atoms with Crippen molar-refractivity contribution in [3.05, 3.63) is 18.2 Å². The number of aromatic nitrogens is 2. The van der Waals surface area contributed by atoms with Crippen molar-refractivity contribution in [3.63, 3.8) is 0 Å². The molecule has 0 atom stereocenters. The van der Waals surface area contributed by atoms with Crippen LogP contribution in [0.3, 0.4) is 0 Å². The summed E-state index contributed by atoms with van der Waals surface area (Å²) in [5.41, 5.74) is 3.80. The van der Waals surface area contributed by atoms with E-state index in [1.807, 2.05) is 0 Å². The van der Waals surface area contributed by atoms with Crippen LogP contribution < -0.4 is 5.32 Å². The fraction of sp³-hybridized carbons (Fsp3) is 0.625. The van der Waals surface area contributed by atoms with Crippen molar-refractivity contribution in [2.75, 3.05) is 5.32 Å². The van der Waals surface area contributed by atoms with Gasteiger partial charge in [-0.3, -0.25) is 0 Å². The maximum atomic E-state index is 4.55. The van der Waals surface area contributed by atoms with E-state index in [0.717, 1.165) is 17.0 Å². The predicted octanol–water partition coefficient (Wildman–Crippen LogP) is 3.70. The molecule has 1 aliphatic rings. The average molecular weight is 336 g/mol. The first kappa shape index (κ1) is 14.1. The van der Waals surface area contributed by atoms with Gasteiger partial charge in [-0.1, -0.05) is 0 Å². The van der Waals surface area contributed by atoms with Crippen LogP contribution in [0.25, 0.3) is 11.0 Å². The van der Waals surface area contributed by atoms with Crippen molar-refractivity contribution in [3.8, 4) is 0 Å². The second-order valence-corrected chi connectivity index (χ2v) is 8.11. The summed E-state index contributed by atoms with van der Waals surface area (Å²) in [5.74, 6) is 0.866. The first-order chi connectivity index (χ1) is 9.54. The molecule has 1 N–H and O–H groups in total. The maximum absolute atomic E-state index is 4.55. The Morgan fingerprint density at radius 2 is 1.85 bits per heavy atom. The molecule has 3 nitrogen and oxygen atoms in total. The number of hydrogen-bond donors (Lipinski definition) is 1. The van der Waals surface area contributed by atoms with Gasteiger partial charge >= 0.3 is 127 Å². The summed E-state index contributed by atoms with van der Waals surface area (Å²) < 4.78 is 9.01. The fourth-order valence-electron chi connectivity index (χ4n) is 3.25. The monoisotopic (exact) mass is 337 g/mol. The van der Waals surface area contributed by atoms with Gasteiger partial charge in [0, 0.05) is 0 Å². The third kappa shape index (κ3) is 2.91. The normalized spacial score (nSPS) is 23.9. The SMILES string of the molecule is CC(C)(C)C1CCC(Nc2cccc3n[se]nc23)CC1. The van der Waals surface area contributed by atoms with E-state index in [0.29, 0.717) is 11.5 Å². The zero-order valence-electron chi connectivity index (χ0n) is 12.5. The topological polar surface area (TPSA) is 37.8 Å². The van der Waals surface area contributed by atoms with Gasteiger partial charge in [-0.15, -0.1) is 0 Å². The molecule has 3 rings (SSSR count). The molecule has 1 aromatic heterocycles. The Bertz CT molecular complexity index is 577. The molecule has 1 saturated carbocycles. The summed E-state index contributed by atoms with van der Waals surface area (Å²) in [7, 11) is 0. The van der Waals surface area contributed by atoms with Crippen LogP contribution in [0.5, 0.6) is 0 Å². The molecule has 1 heterocycles. The van der Waals surface area contributed by atoms with Crippen LogP contribution in [0, 0.1) is 11.3 Å². The molecule has 20 heavy (non-hydrogen) atoms. The van der Waals surface area contributed by atoms with Gasteiger partial charge in [0.05, 0.1) is 0 Å². The van der Waals surface area contributed by atoms with Crippen LogP contribution in [0.2, 0.25) is 0 Å². The standard InChI is InChI=1S/C16H23N3Se/c1-16(2,3)11-7-9-12(10-8-11)17-13-5-4-6-14-15(13)19-20-18-14/h4-6,11-12,17H,7-10H2,1-3H3. The first-order valence-electron chi connectivity index (χ1n) is 7.52. The molecule has 1 fully saturated rings. The van der Waals surface area contributed by atoms with Gasteiger partial charge in [0.1, 0.15) is 0 Å². The molecule has 0 unspecified atom stereocenters. The van der Waals surface area contributed by atoms with Crippen LogP contribution in [-0.2, 0) is 0 Å². The summed E-state index contributed by atoms with van der Waals surface area (Å²) in [5, 5.41) is 3.71. The molecule has 1 aliphatic carbocycles. The number of benzene rings is 1. The Labute approximate surface area is 127 Å². The zero-order chi connectivity index (χ0) is 14.2. The summed E-state index contributed by atoms with van der Waals surface area (Å²) >= 11 is 0.0595. The van der Waals surface area contributed by atoms with E-state index in [4.69, 9.17) is 0 Å². The van der Waals surface area contributed by atoms with Crippen molar-refractivity contribution < 1.29 is 0 Å². The molecular weight excluding hydrogens is 313 g/mol. The van der Waals surface area contributed by atoms with Crippen LogP contribution >= 0.6 is 0 Å². The molecule has 0 bridgehead atoms. The number of hydrogen-bond acceptors (Lipinski definition) is 3. The van der Waals surface area contributed by atoms with Gasteiger partial charge in [-0.2, -0.15) is 0 Å². The van der Waals surface area contributed by atoms with Gasteiger partial charge in [-0.05, 0) is 0 Å². The molecule has 0 aliphatic heterocycles. The van der Waals surface area contributed by atoms with Crippen molar-refractivity contribution in [1.29, 1.82) is 0 Å². The van der Waals surface area contributed by atoms with Crippen molar-refractivity contribution in [2.24, 2.45) is 11.3 Å². The van der Waals surface area contributed by atoms with Crippen LogP contribution in [0.1, 0.15) is 46.5 Å². The van der Waals surface area contributed by atoms with Gasteiger partial charge in [0.2, 0.25) is 0 Å². The van der Waals surface area contributed by atoms with E-state index in [2.05, 4.69) is 52.2 Å². The molecule has 4 heteroatoms. The van der Waals surface area contributed by atoms with Crippen LogP contribution in [-0.4, -0.2) is 29.0 Å². The minimum absolute atomic E-state index is 0.0595. The summed E-state index contributed by atoms with van der Waals surface area (Å²) in [6.07, 6.45) is 5.21. The second kappa shape index (κ2) is 5.50. The zero-order valence-corrected chi connectivity index (χ0v) is 14.2. The van der Waals surface area contributed by atoms with Gasteiger partial charge in [-0.25, -0.2) is 0 Å². The van der Waals surface area contributed by atoms with E-state index in [1.54, 1.807) is 0 Å². The number of rotatable bonds is 2. The van der Waals surface area contributed by atoms with Crippen molar-refractivity contribution in [1.82, 2.24) is 7.96 Å². The van der Waals surface area contributed by atoms with E-state index < -0.39 is 0 Å². The third-order valence-electron chi connectivity index (χ3n) is 4.60. The predicted molar refractivity (Wildman–Crippen MR) is 85.3 cm³/mol. The van der Waals surface area contributed by atoms with Crippen LogP contribution in [0.15, 0.2) is 18.2 Å². The molecule has 0 radical (unpaired) electrons. The summed E-state index contributed by atoms with van der Waals surface area (Å²) in [4.78, 5) is 0. The van der Waals surface area contributed by atoms with E-state index in [1.165, 1.54) is 31.4 Å². The van der Waals surface area contributed by atoms with E-state index in [-0.39, 0.29) is 15.0 Å². The molecule has 0 amide bonds. The molecule has 0 spiro atoms. The molecular formula is C16H23N3Se. The minimum atomic E-state index is 0.0595. The van der Waals surface area contributed by atoms with Crippen molar-refractivity contribution >= 4 is 31.7 Å². The number of fused-ring (bicyclic) bond motifs is 1. The Balaban J connectivity index is 1.67. The van der Waals surface area contributed by atoms with Gasteiger partial charge in [0.25, 0.3) is 0 Å². The first-order valence-corrected chi connectivity index (χ1v) is 9.05. The molecule has 0 saturated heterocycles. The van der Waals surface area contributed by atoms with Crippen LogP contribution in [0.4, 0.5) is 5.69 Å². The van der Waals surface area contributed by atoms with E-state index >= 15 is 0 Å². The quantitative estimate of drug-likeness (QED) is 0.850. The number of nitrogens with one attached hydrogen (secondary N) is 1. The third-order valence-corrected chi connectivity index (χ3v) is 5.74. The molecule has 1 aromatic carbocycles. The average Bonchev–Trinajstić information content (AvgIpc) is 2.88. The number of nitrogens with zero attached hydrogens (tertiary/aromatic N) is 2. The van der Waals surface area contributed by atoms with Gasteiger partial charge in [0.15, 0.2) is 0 Å². The number of anilines is 1. The fourth-order valence-corrected chi connectivity index (χ4v) is 4.40. The Morgan fingerprint density at radius 3 is 2.55 bits per heavy atom. The molecule has 2 aromatic rings. The summed E-state index contributed by atoms with van der Waals surface area (Å²) in [6, 6.07) is 6.90. The second-order valence-electron chi connectivity index (χ2n) is 7.00. The Morgan fingerprint density at radius 1 is 1.10 bits per heavy atom.